The number of likely N-dealkylation sites (tertiary alicyclic amines) is 1. The second-order valence-corrected chi connectivity index (χ2v) is 8.03. The Morgan fingerprint density at radius 3 is 2.20 bits per heavy atom. The zero-order valence-electron chi connectivity index (χ0n) is 17.0. The van der Waals surface area contributed by atoms with Crippen LogP contribution in [0.3, 0.4) is 0 Å². The van der Waals surface area contributed by atoms with Crippen molar-refractivity contribution in [2.24, 2.45) is 0 Å². The van der Waals surface area contributed by atoms with Crippen molar-refractivity contribution >= 4 is 33.4 Å². The van der Waals surface area contributed by atoms with Crippen LogP contribution in [0.4, 0.5) is 0 Å². The van der Waals surface area contributed by atoms with Gasteiger partial charge < -0.3 is 20.0 Å². The number of phenolic OH excluding ortho intramolecular Hbond substituents is 1. The summed E-state index contributed by atoms with van der Waals surface area (Å²) in [6.45, 7) is 6.74. The number of halogens is 1. The molecule has 3 rings (SSSR count). The molecule has 158 valence electrons. The van der Waals surface area contributed by atoms with Gasteiger partial charge in [-0.3, -0.25) is 9.59 Å². The molecule has 1 saturated heterocycles. The van der Waals surface area contributed by atoms with Crippen molar-refractivity contribution in [3.63, 3.8) is 0 Å². The summed E-state index contributed by atoms with van der Waals surface area (Å²) in [5, 5.41) is 20.6. The van der Waals surface area contributed by atoms with Crippen molar-refractivity contribution in [3.8, 4) is 5.75 Å². The number of rotatable bonds is 7. The first-order chi connectivity index (χ1) is 14.4. The Bertz CT molecular complexity index is 950. The van der Waals surface area contributed by atoms with Crippen LogP contribution in [0.15, 0.2) is 58.6 Å². The molecular formula is C23H25BrN2O4. The van der Waals surface area contributed by atoms with E-state index in [0.717, 1.165) is 17.6 Å². The van der Waals surface area contributed by atoms with E-state index in [0.29, 0.717) is 24.2 Å². The normalized spacial score (nSPS) is 18.4. The molecule has 1 aliphatic rings. The van der Waals surface area contributed by atoms with Crippen LogP contribution in [0.1, 0.15) is 31.0 Å². The average Bonchev–Trinajstić information content (AvgIpc) is 3.00. The highest BCUT2D eigenvalue weighted by atomic mass is 79.9. The minimum atomic E-state index is -0.718. The number of benzene rings is 2. The minimum Gasteiger partial charge on any atom is -0.508 e. The molecule has 1 unspecified atom stereocenters. The third-order valence-electron chi connectivity index (χ3n) is 5.42. The van der Waals surface area contributed by atoms with Crippen LogP contribution in [0.5, 0.6) is 5.75 Å². The van der Waals surface area contributed by atoms with Crippen LogP contribution >= 0.6 is 15.9 Å². The molecule has 6 nitrogen and oxygen atoms in total. The van der Waals surface area contributed by atoms with Gasteiger partial charge in [-0.15, -0.1) is 0 Å². The van der Waals surface area contributed by atoms with E-state index in [2.05, 4.69) is 20.8 Å². The Hall–Kier alpha value is -2.64. The first-order valence-corrected chi connectivity index (χ1v) is 10.7. The number of hydrogen-bond acceptors (Lipinski definition) is 5. The standard InChI is InChI=1S/C23H25BrN2O4/c1-3-25(4-2)13-14-26-20(15-7-11-18(27)12-8-15)19(22(29)23(26)30)21(28)16-5-9-17(24)10-6-16/h5-12,20,27-28H,3-4,13-14H2,1-2H3/b21-19-. The van der Waals surface area contributed by atoms with Crippen molar-refractivity contribution in [2.75, 3.05) is 26.2 Å². The number of aliphatic hydroxyl groups excluding tert-OH is 1. The summed E-state index contributed by atoms with van der Waals surface area (Å²) in [5.74, 6) is -1.44. The van der Waals surface area contributed by atoms with Gasteiger partial charge in [-0.25, -0.2) is 0 Å². The molecule has 2 aromatic carbocycles. The van der Waals surface area contributed by atoms with Crippen molar-refractivity contribution in [3.05, 3.63) is 69.7 Å². The van der Waals surface area contributed by atoms with E-state index in [9.17, 15) is 19.8 Å². The quantitative estimate of drug-likeness (QED) is 0.362. The smallest absolute Gasteiger partial charge is 0.295 e. The summed E-state index contributed by atoms with van der Waals surface area (Å²) >= 11 is 3.36. The van der Waals surface area contributed by atoms with E-state index in [4.69, 9.17) is 0 Å². The van der Waals surface area contributed by atoms with Crippen LogP contribution in [0, 0.1) is 0 Å². The highest BCUT2D eigenvalue weighted by Crippen LogP contribution is 2.39. The van der Waals surface area contributed by atoms with Gasteiger partial charge in [-0.05, 0) is 42.9 Å². The number of nitrogens with zero attached hydrogens (tertiary/aromatic N) is 2. The van der Waals surface area contributed by atoms with Gasteiger partial charge in [0.1, 0.15) is 11.5 Å². The lowest BCUT2D eigenvalue weighted by Crippen LogP contribution is -2.38. The van der Waals surface area contributed by atoms with Gasteiger partial charge in [0, 0.05) is 23.1 Å². The van der Waals surface area contributed by atoms with Crippen LogP contribution in [0.25, 0.3) is 5.76 Å². The van der Waals surface area contributed by atoms with E-state index in [1.807, 2.05) is 13.8 Å². The zero-order valence-corrected chi connectivity index (χ0v) is 18.6. The molecule has 0 bridgehead atoms. The number of ketones is 1. The lowest BCUT2D eigenvalue weighted by molar-refractivity contribution is -0.140. The maximum absolute atomic E-state index is 13.0. The van der Waals surface area contributed by atoms with Gasteiger partial charge in [0.15, 0.2) is 0 Å². The summed E-state index contributed by atoms with van der Waals surface area (Å²) in [6.07, 6.45) is 0. The molecule has 1 fully saturated rings. The maximum Gasteiger partial charge on any atom is 0.295 e. The van der Waals surface area contributed by atoms with Crippen molar-refractivity contribution < 1.29 is 19.8 Å². The molecule has 2 aromatic rings. The first-order valence-electron chi connectivity index (χ1n) is 9.93. The van der Waals surface area contributed by atoms with E-state index in [-0.39, 0.29) is 17.1 Å². The minimum absolute atomic E-state index is 0.0626. The number of aliphatic hydroxyl groups is 1. The predicted molar refractivity (Wildman–Crippen MR) is 119 cm³/mol. The van der Waals surface area contributed by atoms with E-state index in [1.165, 1.54) is 17.0 Å². The fourth-order valence-corrected chi connectivity index (χ4v) is 3.93. The molecule has 2 N–H and O–H groups in total. The number of carbonyl (C=O) groups excluding carboxylic acids is 2. The second kappa shape index (κ2) is 9.45. The topological polar surface area (TPSA) is 81.1 Å². The van der Waals surface area contributed by atoms with Crippen LogP contribution in [-0.2, 0) is 9.59 Å². The Morgan fingerprint density at radius 1 is 1.03 bits per heavy atom. The van der Waals surface area contributed by atoms with Gasteiger partial charge >= 0.3 is 0 Å². The molecule has 1 amide bonds. The molecule has 0 aliphatic carbocycles. The average molecular weight is 473 g/mol. The number of phenols is 1. The van der Waals surface area contributed by atoms with Crippen molar-refractivity contribution in [1.29, 1.82) is 0 Å². The summed E-state index contributed by atoms with van der Waals surface area (Å²) in [6, 6.07) is 12.6. The van der Waals surface area contributed by atoms with E-state index in [1.54, 1.807) is 36.4 Å². The number of amides is 1. The third-order valence-corrected chi connectivity index (χ3v) is 5.95. The Balaban J connectivity index is 2.08. The van der Waals surface area contributed by atoms with E-state index < -0.39 is 17.7 Å². The molecule has 7 heteroatoms. The van der Waals surface area contributed by atoms with Crippen molar-refractivity contribution in [2.45, 2.75) is 19.9 Å². The lowest BCUT2D eigenvalue weighted by atomic mass is 9.95. The van der Waals surface area contributed by atoms with Gasteiger partial charge in [0.25, 0.3) is 11.7 Å². The number of aromatic hydroxyl groups is 1. The van der Waals surface area contributed by atoms with Crippen LogP contribution in [-0.4, -0.2) is 57.9 Å². The molecule has 1 aliphatic heterocycles. The fourth-order valence-electron chi connectivity index (χ4n) is 3.67. The van der Waals surface area contributed by atoms with E-state index >= 15 is 0 Å². The lowest BCUT2D eigenvalue weighted by Gasteiger charge is -2.28. The summed E-state index contributed by atoms with van der Waals surface area (Å²) in [5.41, 5.74) is 1.18. The molecule has 30 heavy (non-hydrogen) atoms. The maximum atomic E-state index is 13.0. The van der Waals surface area contributed by atoms with Gasteiger partial charge in [0.2, 0.25) is 0 Å². The monoisotopic (exact) mass is 472 g/mol. The summed E-state index contributed by atoms with van der Waals surface area (Å²) in [4.78, 5) is 29.5. The Labute approximate surface area is 184 Å². The number of carbonyl (C=O) groups is 2. The number of Topliss-reactive ketones (excluding diaryl/α,β-unsaturated/α-hetero) is 1. The number of likely N-dealkylation sites (N-methyl/N-ethyl adjacent to an activating group) is 1. The van der Waals surface area contributed by atoms with Crippen LogP contribution < -0.4 is 0 Å². The fraction of sp³-hybridized carbons (Fsp3) is 0.304. The second-order valence-electron chi connectivity index (χ2n) is 7.12. The Morgan fingerprint density at radius 2 is 1.63 bits per heavy atom. The van der Waals surface area contributed by atoms with Crippen LogP contribution in [0.2, 0.25) is 0 Å². The van der Waals surface area contributed by atoms with Gasteiger partial charge in [-0.1, -0.05) is 54.0 Å². The number of hydrogen-bond donors (Lipinski definition) is 2. The van der Waals surface area contributed by atoms with Crippen molar-refractivity contribution in [1.82, 2.24) is 9.80 Å². The zero-order chi connectivity index (χ0) is 21.8. The molecule has 0 aromatic heterocycles. The predicted octanol–water partition coefficient (Wildman–Crippen LogP) is 3.92. The molecule has 0 spiro atoms. The molecule has 0 saturated carbocycles. The molecule has 0 radical (unpaired) electrons. The summed E-state index contributed by atoms with van der Waals surface area (Å²) in [7, 11) is 0. The molecular weight excluding hydrogens is 448 g/mol. The first kappa shape index (κ1) is 22.1. The molecule has 1 heterocycles. The highest BCUT2D eigenvalue weighted by molar-refractivity contribution is 9.10. The molecule has 1 atom stereocenters. The van der Waals surface area contributed by atoms with Gasteiger partial charge in [0.05, 0.1) is 11.6 Å². The highest BCUT2D eigenvalue weighted by Gasteiger charge is 2.45. The SMILES string of the molecule is CCN(CC)CCN1C(=O)C(=O)/C(=C(\O)c2ccc(Br)cc2)C1c1ccc(O)cc1. The van der Waals surface area contributed by atoms with Gasteiger partial charge in [-0.2, -0.15) is 0 Å². The third kappa shape index (κ3) is 4.42. The Kier molecular flexibility index (Phi) is 6.95. The summed E-state index contributed by atoms with van der Waals surface area (Å²) < 4.78 is 0.841. The largest absolute Gasteiger partial charge is 0.508 e.